The Kier molecular flexibility index (Phi) is 5.92. The number of benzene rings is 2. The molecular formula is C22H17ClN2O4S. The lowest BCUT2D eigenvalue weighted by molar-refractivity contribution is 0.101. The molecule has 152 valence electrons. The molecule has 0 spiro atoms. The first-order valence-electron chi connectivity index (χ1n) is 9.08. The van der Waals surface area contributed by atoms with Crippen molar-refractivity contribution in [1.82, 2.24) is 9.55 Å². The minimum Gasteiger partial charge on any atom is -0.496 e. The molecular weight excluding hydrogens is 424 g/mol. The van der Waals surface area contributed by atoms with Crippen LogP contribution in [0.2, 0.25) is 5.02 Å². The summed E-state index contributed by atoms with van der Waals surface area (Å²) in [5.41, 5.74) is 0.743. The molecule has 0 unspecified atom stereocenters. The molecule has 0 bridgehead atoms. The van der Waals surface area contributed by atoms with Crippen LogP contribution in [-0.4, -0.2) is 28.2 Å². The van der Waals surface area contributed by atoms with Crippen molar-refractivity contribution in [3.05, 3.63) is 87.6 Å². The molecule has 0 atom stereocenters. The van der Waals surface area contributed by atoms with Crippen molar-refractivity contribution < 1.29 is 13.9 Å². The summed E-state index contributed by atoms with van der Waals surface area (Å²) in [5.74, 6) is 1.10. The number of furan rings is 1. The third kappa shape index (κ3) is 4.13. The van der Waals surface area contributed by atoms with E-state index >= 15 is 0 Å². The highest BCUT2D eigenvalue weighted by atomic mass is 35.5. The fourth-order valence-corrected chi connectivity index (χ4v) is 4.11. The molecule has 0 amide bonds. The van der Waals surface area contributed by atoms with Crippen LogP contribution in [0.4, 0.5) is 0 Å². The topological polar surface area (TPSA) is 74.3 Å². The van der Waals surface area contributed by atoms with Gasteiger partial charge in [-0.3, -0.25) is 14.2 Å². The first kappa shape index (κ1) is 20.3. The summed E-state index contributed by atoms with van der Waals surface area (Å²) < 4.78 is 12.2. The van der Waals surface area contributed by atoms with Crippen LogP contribution in [0.1, 0.15) is 16.1 Å². The number of hydrogen-bond acceptors (Lipinski definition) is 6. The van der Waals surface area contributed by atoms with Crippen LogP contribution in [0, 0.1) is 0 Å². The number of Topliss-reactive ketones (excluding diaryl/α,β-unsaturated/α-hetero) is 1. The number of thioether (sulfide) groups is 1. The smallest absolute Gasteiger partial charge is 0.262 e. The number of para-hydroxylation sites is 1. The maximum absolute atomic E-state index is 13.1. The predicted octanol–water partition coefficient (Wildman–Crippen LogP) is 4.67. The predicted molar refractivity (Wildman–Crippen MR) is 117 cm³/mol. The second-order valence-electron chi connectivity index (χ2n) is 6.44. The van der Waals surface area contributed by atoms with Crippen molar-refractivity contribution in [1.29, 1.82) is 0 Å². The number of aromatic nitrogens is 2. The molecule has 6 nitrogen and oxygen atoms in total. The molecule has 30 heavy (non-hydrogen) atoms. The summed E-state index contributed by atoms with van der Waals surface area (Å²) in [6, 6.07) is 15.5. The van der Waals surface area contributed by atoms with Crippen molar-refractivity contribution in [2.24, 2.45) is 0 Å². The van der Waals surface area contributed by atoms with Gasteiger partial charge in [-0.2, -0.15) is 0 Å². The number of halogens is 1. The minimum absolute atomic E-state index is 0.0943. The Morgan fingerprint density at radius 1 is 1.20 bits per heavy atom. The highest BCUT2D eigenvalue weighted by molar-refractivity contribution is 7.99. The molecule has 2 aromatic carbocycles. The van der Waals surface area contributed by atoms with E-state index < -0.39 is 0 Å². The fraction of sp³-hybridized carbons (Fsp3) is 0.136. The summed E-state index contributed by atoms with van der Waals surface area (Å²) in [4.78, 5) is 30.5. The first-order valence-corrected chi connectivity index (χ1v) is 10.4. The van der Waals surface area contributed by atoms with Crippen molar-refractivity contribution in [2.75, 3.05) is 12.9 Å². The Hall–Kier alpha value is -3.03. The van der Waals surface area contributed by atoms with Gasteiger partial charge in [0.05, 0.1) is 42.1 Å². The summed E-state index contributed by atoms with van der Waals surface area (Å²) in [5, 5.41) is 1.35. The van der Waals surface area contributed by atoms with E-state index in [1.54, 1.807) is 60.9 Å². The van der Waals surface area contributed by atoms with E-state index in [0.29, 0.717) is 38.2 Å². The third-order valence-electron chi connectivity index (χ3n) is 4.52. The lowest BCUT2D eigenvalue weighted by atomic mass is 10.1. The van der Waals surface area contributed by atoms with Crippen molar-refractivity contribution in [3.8, 4) is 5.75 Å². The average molecular weight is 441 g/mol. The van der Waals surface area contributed by atoms with Gasteiger partial charge in [-0.15, -0.1) is 0 Å². The SMILES string of the molecule is COc1ccccc1C(=O)CSc1nc2cc(Cl)ccc2c(=O)n1Cc1ccco1. The molecule has 4 aromatic rings. The van der Waals surface area contributed by atoms with Gasteiger partial charge in [0.2, 0.25) is 0 Å². The number of hydrogen-bond donors (Lipinski definition) is 0. The number of ether oxygens (including phenoxy) is 1. The minimum atomic E-state index is -0.222. The number of rotatable bonds is 7. The number of fused-ring (bicyclic) bond motifs is 1. The van der Waals surface area contributed by atoms with Crippen LogP contribution in [-0.2, 0) is 6.54 Å². The Morgan fingerprint density at radius 3 is 2.80 bits per heavy atom. The average Bonchev–Trinajstić information content (AvgIpc) is 3.27. The number of carbonyl (C=O) groups excluding carboxylic acids is 1. The fourth-order valence-electron chi connectivity index (χ4n) is 3.06. The summed E-state index contributed by atoms with van der Waals surface area (Å²) >= 11 is 7.27. The van der Waals surface area contributed by atoms with Crippen molar-refractivity contribution in [2.45, 2.75) is 11.7 Å². The number of nitrogens with zero attached hydrogens (tertiary/aromatic N) is 2. The molecule has 4 rings (SSSR count). The highest BCUT2D eigenvalue weighted by Gasteiger charge is 2.17. The quantitative estimate of drug-likeness (QED) is 0.236. The van der Waals surface area contributed by atoms with E-state index in [1.165, 1.54) is 23.4 Å². The molecule has 0 radical (unpaired) electrons. The van der Waals surface area contributed by atoms with E-state index in [1.807, 2.05) is 0 Å². The Labute approximate surface area is 181 Å². The van der Waals surface area contributed by atoms with E-state index in [0.717, 1.165) is 0 Å². The molecule has 0 aliphatic rings. The normalized spacial score (nSPS) is 11.0. The van der Waals surface area contributed by atoms with Gasteiger partial charge in [0.25, 0.3) is 5.56 Å². The molecule has 0 aliphatic carbocycles. The van der Waals surface area contributed by atoms with E-state index in [2.05, 4.69) is 4.98 Å². The van der Waals surface area contributed by atoms with Gasteiger partial charge >= 0.3 is 0 Å². The van der Waals surface area contributed by atoms with Crippen LogP contribution in [0.15, 0.2) is 75.2 Å². The zero-order chi connectivity index (χ0) is 21.1. The molecule has 0 saturated carbocycles. The number of carbonyl (C=O) groups is 1. The Bertz CT molecular complexity index is 1270. The van der Waals surface area contributed by atoms with Crippen molar-refractivity contribution >= 4 is 40.0 Å². The van der Waals surface area contributed by atoms with E-state index in [-0.39, 0.29) is 23.6 Å². The monoisotopic (exact) mass is 440 g/mol. The molecule has 0 N–H and O–H groups in total. The Morgan fingerprint density at radius 2 is 2.03 bits per heavy atom. The molecule has 8 heteroatoms. The van der Waals surface area contributed by atoms with Crippen LogP contribution < -0.4 is 10.3 Å². The molecule has 0 fully saturated rings. The third-order valence-corrected chi connectivity index (χ3v) is 5.73. The maximum atomic E-state index is 13.1. The van der Waals surface area contributed by atoms with Gasteiger partial charge < -0.3 is 9.15 Å². The largest absolute Gasteiger partial charge is 0.496 e. The Balaban J connectivity index is 1.71. The van der Waals surface area contributed by atoms with Crippen LogP contribution >= 0.6 is 23.4 Å². The molecule has 2 heterocycles. The number of ketones is 1. The van der Waals surface area contributed by atoms with Gasteiger partial charge in [0.15, 0.2) is 10.9 Å². The lowest BCUT2D eigenvalue weighted by Crippen LogP contribution is -2.24. The molecule has 2 aromatic heterocycles. The van der Waals surface area contributed by atoms with Gasteiger partial charge in [-0.1, -0.05) is 35.5 Å². The van der Waals surface area contributed by atoms with Gasteiger partial charge in [-0.25, -0.2) is 4.98 Å². The second-order valence-corrected chi connectivity index (χ2v) is 7.82. The number of methoxy groups -OCH3 is 1. The van der Waals surface area contributed by atoms with Crippen molar-refractivity contribution in [3.63, 3.8) is 0 Å². The maximum Gasteiger partial charge on any atom is 0.262 e. The van der Waals surface area contributed by atoms with Gasteiger partial charge in [-0.05, 0) is 42.5 Å². The standard InChI is InChI=1S/C22H17ClN2O4S/c1-28-20-7-3-2-6-17(20)19(26)13-30-22-24-18-11-14(23)8-9-16(18)21(27)25(22)12-15-5-4-10-29-15/h2-11H,12-13H2,1H3. The zero-order valence-electron chi connectivity index (χ0n) is 16.0. The molecule has 0 saturated heterocycles. The highest BCUT2D eigenvalue weighted by Crippen LogP contribution is 2.24. The molecule has 0 aliphatic heterocycles. The van der Waals surface area contributed by atoms with E-state index in [4.69, 9.17) is 20.8 Å². The second kappa shape index (κ2) is 8.77. The summed E-state index contributed by atoms with van der Waals surface area (Å²) in [6.07, 6.45) is 1.55. The van der Waals surface area contributed by atoms with E-state index in [9.17, 15) is 9.59 Å². The van der Waals surface area contributed by atoms with Crippen LogP contribution in [0.25, 0.3) is 10.9 Å². The van der Waals surface area contributed by atoms with Gasteiger partial charge in [0, 0.05) is 5.02 Å². The van der Waals surface area contributed by atoms with Crippen LogP contribution in [0.3, 0.4) is 0 Å². The van der Waals surface area contributed by atoms with Crippen LogP contribution in [0.5, 0.6) is 5.75 Å². The summed E-state index contributed by atoms with van der Waals surface area (Å²) in [6.45, 7) is 0.211. The first-order chi connectivity index (χ1) is 14.6. The van der Waals surface area contributed by atoms with Gasteiger partial charge in [0.1, 0.15) is 11.5 Å². The zero-order valence-corrected chi connectivity index (χ0v) is 17.6. The summed E-state index contributed by atoms with van der Waals surface area (Å²) in [7, 11) is 1.52. The lowest BCUT2D eigenvalue weighted by Gasteiger charge is -2.12.